The van der Waals surface area contributed by atoms with Crippen molar-refractivity contribution in [3.63, 3.8) is 0 Å². The van der Waals surface area contributed by atoms with Gasteiger partial charge in [-0.1, -0.05) is 18.2 Å². The van der Waals surface area contributed by atoms with Crippen LogP contribution in [0.15, 0.2) is 42.5 Å². The topological polar surface area (TPSA) is 41.7 Å². The largest absolute Gasteiger partial charge is 0.497 e. The standard InChI is InChI=1S/C22H29N3O/c1-26-21-6-2-17(3-7-21)8-12-24-13-10-20(11-14-24)25-15-9-18-4-5-19(23)16-22(18)25/h2-7,16,20H,8-15,23H2,1H3. The molecule has 0 bridgehead atoms. The molecule has 0 unspecified atom stereocenters. The third-order valence-electron chi connectivity index (χ3n) is 5.91. The Hall–Kier alpha value is -2.20. The third kappa shape index (κ3) is 3.65. The number of fused-ring (bicyclic) bond motifs is 1. The Morgan fingerprint density at radius 2 is 1.81 bits per heavy atom. The van der Waals surface area contributed by atoms with Crippen LogP contribution in [0.4, 0.5) is 11.4 Å². The van der Waals surface area contributed by atoms with Gasteiger partial charge in [-0.05, 0) is 61.1 Å². The van der Waals surface area contributed by atoms with Gasteiger partial charge >= 0.3 is 0 Å². The van der Waals surface area contributed by atoms with E-state index in [1.807, 2.05) is 6.07 Å². The molecule has 0 radical (unpaired) electrons. The molecule has 0 aliphatic carbocycles. The van der Waals surface area contributed by atoms with Crippen LogP contribution in [-0.2, 0) is 12.8 Å². The summed E-state index contributed by atoms with van der Waals surface area (Å²) < 4.78 is 5.23. The summed E-state index contributed by atoms with van der Waals surface area (Å²) >= 11 is 0. The maximum Gasteiger partial charge on any atom is 0.118 e. The van der Waals surface area contributed by atoms with Gasteiger partial charge in [-0.15, -0.1) is 0 Å². The summed E-state index contributed by atoms with van der Waals surface area (Å²) in [6.45, 7) is 4.67. The van der Waals surface area contributed by atoms with Gasteiger partial charge in [-0.3, -0.25) is 0 Å². The zero-order valence-corrected chi connectivity index (χ0v) is 15.7. The fraction of sp³-hybridized carbons (Fsp3) is 0.455. The monoisotopic (exact) mass is 351 g/mol. The molecule has 0 atom stereocenters. The number of benzene rings is 2. The Kier molecular flexibility index (Phi) is 5.02. The van der Waals surface area contributed by atoms with Crippen LogP contribution in [0.25, 0.3) is 0 Å². The quantitative estimate of drug-likeness (QED) is 0.839. The number of anilines is 2. The number of ether oxygens (including phenoxy) is 1. The van der Waals surface area contributed by atoms with Gasteiger partial charge in [0.15, 0.2) is 0 Å². The average molecular weight is 351 g/mol. The van der Waals surface area contributed by atoms with Crippen LogP contribution in [0.5, 0.6) is 5.75 Å². The van der Waals surface area contributed by atoms with Gasteiger partial charge in [0.1, 0.15) is 5.75 Å². The van der Waals surface area contributed by atoms with Crippen LogP contribution in [0.2, 0.25) is 0 Å². The fourth-order valence-electron chi connectivity index (χ4n) is 4.33. The van der Waals surface area contributed by atoms with E-state index in [9.17, 15) is 0 Å². The van der Waals surface area contributed by atoms with Crippen molar-refractivity contribution in [2.24, 2.45) is 0 Å². The van der Waals surface area contributed by atoms with E-state index in [1.54, 1.807) is 7.11 Å². The normalized spacial score (nSPS) is 18.1. The summed E-state index contributed by atoms with van der Waals surface area (Å²) in [6, 6.07) is 15.5. The lowest BCUT2D eigenvalue weighted by atomic mass is 10.0. The van der Waals surface area contributed by atoms with Gasteiger partial charge in [0.05, 0.1) is 7.11 Å². The fourth-order valence-corrected chi connectivity index (χ4v) is 4.33. The Labute approximate surface area is 156 Å². The minimum Gasteiger partial charge on any atom is -0.497 e. The minimum atomic E-state index is 0.662. The van der Waals surface area contributed by atoms with Crippen molar-refractivity contribution >= 4 is 11.4 Å². The van der Waals surface area contributed by atoms with Gasteiger partial charge in [0, 0.05) is 43.6 Å². The maximum absolute atomic E-state index is 6.01. The highest BCUT2D eigenvalue weighted by Crippen LogP contribution is 2.34. The van der Waals surface area contributed by atoms with Crippen molar-refractivity contribution < 1.29 is 4.74 Å². The van der Waals surface area contributed by atoms with E-state index in [1.165, 1.54) is 42.7 Å². The van der Waals surface area contributed by atoms with Crippen LogP contribution >= 0.6 is 0 Å². The van der Waals surface area contributed by atoms with E-state index in [2.05, 4.69) is 46.2 Å². The molecule has 2 aliphatic heterocycles. The molecule has 0 aromatic heterocycles. The Morgan fingerprint density at radius 3 is 2.54 bits per heavy atom. The van der Waals surface area contributed by atoms with Gasteiger partial charge in [0.2, 0.25) is 0 Å². The molecule has 2 aliphatic rings. The number of likely N-dealkylation sites (tertiary alicyclic amines) is 1. The summed E-state index contributed by atoms with van der Waals surface area (Å²) in [4.78, 5) is 5.21. The SMILES string of the molecule is COc1ccc(CCN2CCC(N3CCc4ccc(N)cc43)CC2)cc1. The smallest absolute Gasteiger partial charge is 0.118 e. The second-order valence-corrected chi connectivity index (χ2v) is 7.50. The van der Waals surface area contributed by atoms with Crippen molar-refractivity contribution in [2.45, 2.75) is 31.7 Å². The van der Waals surface area contributed by atoms with Crippen LogP contribution in [0.1, 0.15) is 24.0 Å². The number of rotatable bonds is 5. The van der Waals surface area contributed by atoms with Crippen molar-refractivity contribution in [2.75, 3.05) is 43.9 Å². The van der Waals surface area contributed by atoms with Crippen molar-refractivity contribution in [1.82, 2.24) is 4.90 Å². The van der Waals surface area contributed by atoms with Crippen molar-refractivity contribution in [3.05, 3.63) is 53.6 Å². The predicted molar refractivity (Wildman–Crippen MR) is 108 cm³/mol. The number of methoxy groups -OCH3 is 1. The van der Waals surface area contributed by atoms with Crippen molar-refractivity contribution in [3.8, 4) is 5.75 Å². The number of hydrogen-bond acceptors (Lipinski definition) is 4. The number of nitrogen functional groups attached to an aromatic ring is 1. The minimum absolute atomic E-state index is 0.662. The van der Waals surface area contributed by atoms with E-state index < -0.39 is 0 Å². The average Bonchev–Trinajstić information content (AvgIpc) is 3.10. The molecular weight excluding hydrogens is 322 g/mol. The molecule has 4 nitrogen and oxygen atoms in total. The molecule has 4 heteroatoms. The Morgan fingerprint density at radius 1 is 1.04 bits per heavy atom. The molecular formula is C22H29N3O. The third-order valence-corrected chi connectivity index (χ3v) is 5.91. The second kappa shape index (κ2) is 7.58. The zero-order chi connectivity index (χ0) is 17.9. The number of nitrogens with two attached hydrogens (primary N) is 1. The second-order valence-electron chi connectivity index (χ2n) is 7.50. The van der Waals surface area contributed by atoms with E-state index >= 15 is 0 Å². The predicted octanol–water partition coefficient (Wildman–Crippen LogP) is 3.35. The highest BCUT2D eigenvalue weighted by atomic mass is 16.5. The molecule has 1 saturated heterocycles. The Bertz CT molecular complexity index is 736. The summed E-state index contributed by atoms with van der Waals surface area (Å²) in [5.74, 6) is 0.932. The van der Waals surface area contributed by atoms with E-state index in [4.69, 9.17) is 10.5 Å². The molecule has 2 aromatic rings. The summed E-state index contributed by atoms with van der Waals surface area (Å²) in [6.07, 6.45) is 4.76. The first-order valence-corrected chi connectivity index (χ1v) is 9.73. The summed E-state index contributed by atoms with van der Waals surface area (Å²) in [5, 5.41) is 0. The first-order valence-electron chi connectivity index (χ1n) is 9.73. The molecule has 1 fully saturated rings. The van der Waals surface area contributed by atoms with Gasteiger partial charge in [-0.2, -0.15) is 0 Å². The van der Waals surface area contributed by atoms with Crippen LogP contribution < -0.4 is 15.4 Å². The first kappa shape index (κ1) is 17.2. The molecule has 2 heterocycles. The first-order chi connectivity index (χ1) is 12.7. The number of nitrogens with zero attached hydrogens (tertiary/aromatic N) is 2. The molecule has 0 saturated carbocycles. The van der Waals surface area contributed by atoms with Gasteiger partial charge < -0.3 is 20.3 Å². The molecule has 0 spiro atoms. The maximum atomic E-state index is 6.01. The van der Waals surface area contributed by atoms with E-state index in [0.29, 0.717) is 6.04 Å². The molecule has 0 amide bonds. The summed E-state index contributed by atoms with van der Waals surface area (Å²) in [7, 11) is 1.71. The van der Waals surface area contributed by atoms with Crippen LogP contribution in [0.3, 0.4) is 0 Å². The van der Waals surface area contributed by atoms with Gasteiger partial charge in [0.25, 0.3) is 0 Å². The van der Waals surface area contributed by atoms with Crippen LogP contribution in [0, 0.1) is 0 Å². The molecule has 2 aromatic carbocycles. The summed E-state index contributed by atoms with van der Waals surface area (Å²) in [5.41, 5.74) is 11.1. The van der Waals surface area contributed by atoms with Crippen molar-refractivity contribution in [1.29, 1.82) is 0 Å². The highest BCUT2D eigenvalue weighted by Gasteiger charge is 2.29. The highest BCUT2D eigenvalue weighted by molar-refractivity contribution is 5.64. The molecule has 2 N–H and O–H groups in total. The zero-order valence-electron chi connectivity index (χ0n) is 15.7. The van der Waals surface area contributed by atoms with E-state index in [-0.39, 0.29) is 0 Å². The molecule has 138 valence electrons. The number of hydrogen-bond donors (Lipinski definition) is 1. The lowest BCUT2D eigenvalue weighted by molar-refractivity contribution is 0.212. The van der Waals surface area contributed by atoms with Gasteiger partial charge in [-0.25, -0.2) is 0 Å². The molecule has 4 rings (SSSR count). The lowest BCUT2D eigenvalue weighted by Gasteiger charge is -2.38. The van der Waals surface area contributed by atoms with E-state index in [0.717, 1.165) is 37.4 Å². The van der Waals surface area contributed by atoms with Crippen LogP contribution in [-0.4, -0.2) is 44.2 Å². The lowest BCUT2D eigenvalue weighted by Crippen LogP contribution is -2.45. The number of piperidine rings is 1. The molecule has 26 heavy (non-hydrogen) atoms. The Balaban J connectivity index is 1.29.